The highest BCUT2D eigenvalue weighted by Crippen LogP contribution is 2.43. The highest BCUT2D eigenvalue weighted by Gasteiger charge is 2.53. The van der Waals surface area contributed by atoms with E-state index in [2.05, 4.69) is 53.5 Å². The first kappa shape index (κ1) is 19.0. The van der Waals surface area contributed by atoms with Gasteiger partial charge in [-0.05, 0) is 42.4 Å². The Kier molecular flexibility index (Phi) is 4.23. The van der Waals surface area contributed by atoms with Crippen molar-refractivity contribution in [2.24, 2.45) is 5.41 Å². The van der Waals surface area contributed by atoms with E-state index in [0.29, 0.717) is 0 Å². The number of rotatable bonds is 3. The van der Waals surface area contributed by atoms with E-state index in [-0.39, 0.29) is 11.2 Å². The summed E-state index contributed by atoms with van der Waals surface area (Å²) in [6.45, 7) is 8.44. The summed E-state index contributed by atoms with van der Waals surface area (Å²) in [5.41, 5.74) is 2.55. The minimum absolute atomic E-state index is 0.242. The summed E-state index contributed by atoms with van der Waals surface area (Å²) in [5.74, 6) is 2.40. The topological polar surface area (TPSA) is 53.3 Å². The van der Waals surface area contributed by atoms with Crippen molar-refractivity contribution in [1.82, 2.24) is 24.6 Å². The highest BCUT2D eigenvalue weighted by molar-refractivity contribution is 6.30. The molecule has 1 spiro atoms. The van der Waals surface area contributed by atoms with Gasteiger partial charge in [-0.3, -0.25) is 9.47 Å². The maximum Gasteiger partial charge on any atom is 0.231 e. The van der Waals surface area contributed by atoms with Crippen LogP contribution in [0, 0.1) is 11.2 Å². The molecule has 0 radical (unpaired) electrons. The quantitative estimate of drug-likeness (QED) is 0.625. The molecule has 0 amide bonds. The lowest BCUT2D eigenvalue weighted by molar-refractivity contribution is 0.153. The Morgan fingerprint density at radius 1 is 1.03 bits per heavy atom. The Balaban J connectivity index is 1.24. The standard InChI is InChI=1S/C22H23ClFN7/c1-2-28-9-15-7-16(23)3-5-18(15)31-20(10-28)26-27-21(31)30-13-22(14-30)11-29(12-22)19-6-4-17(24)8-25-19/h3-8H,2,9-14H2,1H3. The van der Waals surface area contributed by atoms with Gasteiger partial charge in [0.25, 0.3) is 0 Å². The average Bonchev–Trinajstić information content (AvgIpc) is 3.02. The summed E-state index contributed by atoms with van der Waals surface area (Å²) in [4.78, 5) is 11.1. The van der Waals surface area contributed by atoms with Crippen LogP contribution < -0.4 is 9.80 Å². The Morgan fingerprint density at radius 3 is 2.58 bits per heavy atom. The number of hydrogen-bond acceptors (Lipinski definition) is 6. The van der Waals surface area contributed by atoms with Crippen LogP contribution in [0.5, 0.6) is 0 Å². The molecule has 160 valence electrons. The first-order chi connectivity index (χ1) is 15.0. The van der Waals surface area contributed by atoms with Gasteiger partial charge in [-0.15, -0.1) is 10.2 Å². The van der Waals surface area contributed by atoms with Crippen LogP contribution in [0.4, 0.5) is 16.2 Å². The predicted octanol–water partition coefficient (Wildman–Crippen LogP) is 3.12. The molecule has 3 aliphatic heterocycles. The first-order valence-corrected chi connectivity index (χ1v) is 11.0. The van der Waals surface area contributed by atoms with Crippen LogP contribution >= 0.6 is 11.6 Å². The molecule has 2 fully saturated rings. The van der Waals surface area contributed by atoms with E-state index >= 15 is 0 Å². The van der Waals surface area contributed by atoms with Gasteiger partial charge in [0.15, 0.2) is 5.82 Å². The Morgan fingerprint density at radius 2 is 1.84 bits per heavy atom. The van der Waals surface area contributed by atoms with Crippen LogP contribution in [0.1, 0.15) is 18.3 Å². The lowest BCUT2D eigenvalue weighted by Crippen LogP contribution is -2.73. The minimum Gasteiger partial charge on any atom is -0.355 e. The first-order valence-electron chi connectivity index (χ1n) is 10.6. The third-order valence-corrected chi connectivity index (χ3v) is 6.86. The van der Waals surface area contributed by atoms with Gasteiger partial charge < -0.3 is 9.80 Å². The molecule has 31 heavy (non-hydrogen) atoms. The van der Waals surface area contributed by atoms with Crippen molar-refractivity contribution < 1.29 is 4.39 Å². The third-order valence-electron chi connectivity index (χ3n) is 6.63. The maximum atomic E-state index is 13.1. The molecular formula is C22H23ClFN7. The van der Waals surface area contributed by atoms with Gasteiger partial charge in [0.2, 0.25) is 5.95 Å². The van der Waals surface area contributed by atoms with Crippen molar-refractivity contribution in [1.29, 1.82) is 0 Å². The summed E-state index contributed by atoms with van der Waals surface area (Å²) >= 11 is 6.30. The van der Waals surface area contributed by atoms with Gasteiger partial charge in [-0.1, -0.05) is 18.5 Å². The molecule has 5 heterocycles. The molecule has 0 aliphatic carbocycles. The number of fused-ring (bicyclic) bond motifs is 3. The van der Waals surface area contributed by atoms with Gasteiger partial charge in [-0.2, -0.15) is 0 Å². The van der Waals surface area contributed by atoms with E-state index in [9.17, 15) is 4.39 Å². The number of hydrogen-bond donors (Lipinski definition) is 0. The van der Waals surface area contributed by atoms with Crippen molar-refractivity contribution in [2.75, 3.05) is 42.5 Å². The van der Waals surface area contributed by atoms with Crippen molar-refractivity contribution in [3.05, 3.63) is 58.8 Å². The number of anilines is 2. The van der Waals surface area contributed by atoms with E-state index in [1.165, 1.54) is 17.8 Å². The normalized spacial score (nSPS) is 19.5. The van der Waals surface area contributed by atoms with Gasteiger partial charge in [0, 0.05) is 43.2 Å². The lowest BCUT2D eigenvalue weighted by Gasteiger charge is -2.60. The van der Waals surface area contributed by atoms with Crippen molar-refractivity contribution in [3.63, 3.8) is 0 Å². The number of pyridine rings is 1. The molecule has 3 aromatic rings. The second-order valence-corrected chi connectivity index (χ2v) is 9.31. The fraction of sp³-hybridized carbons (Fsp3) is 0.409. The summed E-state index contributed by atoms with van der Waals surface area (Å²) in [6.07, 6.45) is 1.28. The molecule has 0 atom stereocenters. The second kappa shape index (κ2) is 6.90. The second-order valence-electron chi connectivity index (χ2n) is 8.87. The zero-order valence-electron chi connectivity index (χ0n) is 17.3. The molecule has 6 rings (SSSR count). The van der Waals surface area contributed by atoms with Crippen LogP contribution in [-0.2, 0) is 13.1 Å². The lowest BCUT2D eigenvalue weighted by atomic mass is 9.73. The molecule has 7 nitrogen and oxygen atoms in total. The molecule has 0 bridgehead atoms. The Hall–Kier alpha value is -2.71. The molecule has 9 heteroatoms. The van der Waals surface area contributed by atoms with Crippen molar-refractivity contribution >= 4 is 23.4 Å². The Bertz CT molecular complexity index is 1130. The highest BCUT2D eigenvalue weighted by atomic mass is 35.5. The number of benzene rings is 1. The Labute approximate surface area is 185 Å². The fourth-order valence-electron chi connectivity index (χ4n) is 5.07. The van der Waals surface area contributed by atoms with Crippen LogP contribution in [0.2, 0.25) is 5.02 Å². The van der Waals surface area contributed by atoms with Crippen molar-refractivity contribution in [2.45, 2.75) is 20.0 Å². The van der Waals surface area contributed by atoms with Gasteiger partial charge in [-0.25, -0.2) is 9.37 Å². The molecule has 1 aromatic carbocycles. The van der Waals surface area contributed by atoms with E-state index in [0.717, 1.165) is 74.1 Å². The monoisotopic (exact) mass is 439 g/mol. The predicted molar refractivity (Wildman–Crippen MR) is 117 cm³/mol. The van der Waals surface area contributed by atoms with Gasteiger partial charge in [0.1, 0.15) is 11.6 Å². The van der Waals surface area contributed by atoms with E-state index < -0.39 is 0 Å². The van der Waals surface area contributed by atoms with Crippen LogP contribution in [0.15, 0.2) is 36.5 Å². The average molecular weight is 440 g/mol. The van der Waals surface area contributed by atoms with Crippen LogP contribution in [0.3, 0.4) is 0 Å². The summed E-state index contributed by atoms with van der Waals surface area (Å²) in [7, 11) is 0. The third kappa shape index (κ3) is 3.08. The molecule has 2 aromatic heterocycles. The number of nitrogens with zero attached hydrogens (tertiary/aromatic N) is 7. The van der Waals surface area contributed by atoms with E-state index in [1.54, 1.807) is 6.07 Å². The largest absolute Gasteiger partial charge is 0.355 e. The van der Waals surface area contributed by atoms with E-state index in [4.69, 9.17) is 11.6 Å². The van der Waals surface area contributed by atoms with E-state index in [1.807, 2.05) is 6.07 Å². The molecule has 0 N–H and O–H groups in total. The summed E-state index contributed by atoms with van der Waals surface area (Å²) < 4.78 is 15.3. The minimum atomic E-state index is -0.301. The molecule has 0 saturated carbocycles. The zero-order valence-corrected chi connectivity index (χ0v) is 18.1. The zero-order chi connectivity index (χ0) is 21.2. The van der Waals surface area contributed by atoms with Gasteiger partial charge >= 0.3 is 0 Å². The molecule has 3 aliphatic rings. The maximum absolute atomic E-state index is 13.1. The molecule has 2 saturated heterocycles. The number of halogens is 2. The number of aromatic nitrogens is 4. The summed E-state index contributed by atoms with van der Waals surface area (Å²) in [5, 5.41) is 9.87. The molecule has 0 unspecified atom stereocenters. The van der Waals surface area contributed by atoms with Crippen LogP contribution in [-0.4, -0.2) is 57.4 Å². The smallest absolute Gasteiger partial charge is 0.231 e. The van der Waals surface area contributed by atoms with Crippen molar-refractivity contribution in [3.8, 4) is 5.69 Å². The van der Waals surface area contributed by atoms with Gasteiger partial charge in [0.05, 0.1) is 18.4 Å². The molecular weight excluding hydrogens is 417 g/mol. The fourth-order valence-corrected chi connectivity index (χ4v) is 5.26. The summed E-state index contributed by atoms with van der Waals surface area (Å²) in [6, 6.07) is 9.28. The SMILES string of the molecule is CCN1Cc2cc(Cl)ccc2-n2c(nnc2N2CC3(CN(c4ccc(F)cn4)C3)C2)C1. The van der Waals surface area contributed by atoms with Crippen LogP contribution in [0.25, 0.3) is 5.69 Å².